The second kappa shape index (κ2) is 8.61. The standard InChI is InChI=1S/C23H27N3O4S2/c27-22(16-4-5-16)24-19-6-10-25(11-7-19)23(28)17-2-1-3-20(14-17)32(29,30)26-12-8-21-18(15-26)9-13-31-21/h1-3,9,13-14,16,19H,4-8,10-12,15H2,(H,24,27). The van der Waals surface area contributed by atoms with Crippen LogP contribution in [0.2, 0.25) is 0 Å². The molecule has 1 aromatic heterocycles. The largest absolute Gasteiger partial charge is 0.353 e. The van der Waals surface area contributed by atoms with Crippen LogP contribution in [0, 0.1) is 5.92 Å². The molecule has 7 nitrogen and oxygen atoms in total. The molecule has 2 fully saturated rings. The summed E-state index contributed by atoms with van der Waals surface area (Å²) in [4.78, 5) is 28.2. The second-order valence-corrected chi connectivity index (χ2v) is 11.8. The average Bonchev–Trinajstić information content (AvgIpc) is 3.56. The number of rotatable bonds is 5. The summed E-state index contributed by atoms with van der Waals surface area (Å²) in [6.45, 7) is 1.94. The fraction of sp³-hybridized carbons (Fsp3) is 0.478. The highest BCUT2D eigenvalue weighted by Gasteiger charge is 2.33. The number of carbonyl (C=O) groups is 2. The van der Waals surface area contributed by atoms with Gasteiger partial charge in [-0.3, -0.25) is 9.59 Å². The summed E-state index contributed by atoms with van der Waals surface area (Å²) in [7, 11) is -3.67. The van der Waals surface area contributed by atoms with Gasteiger partial charge >= 0.3 is 0 Å². The van der Waals surface area contributed by atoms with Gasteiger partial charge in [-0.1, -0.05) is 6.07 Å². The molecule has 2 aliphatic heterocycles. The third-order valence-electron chi connectivity index (χ3n) is 6.57. The number of hydrogen-bond donors (Lipinski definition) is 1. The molecule has 3 heterocycles. The van der Waals surface area contributed by atoms with Crippen LogP contribution in [-0.4, -0.2) is 55.1 Å². The zero-order chi connectivity index (χ0) is 22.3. The molecule has 1 saturated carbocycles. The van der Waals surface area contributed by atoms with Crippen LogP contribution < -0.4 is 5.32 Å². The van der Waals surface area contributed by atoms with Crippen LogP contribution in [-0.2, 0) is 27.8 Å². The normalized spacial score (nSPS) is 20.1. The van der Waals surface area contributed by atoms with Crippen molar-refractivity contribution in [3.63, 3.8) is 0 Å². The number of likely N-dealkylation sites (tertiary alicyclic amines) is 1. The number of amides is 2. The van der Waals surface area contributed by atoms with Crippen molar-refractivity contribution in [1.82, 2.24) is 14.5 Å². The number of fused-ring (bicyclic) bond motifs is 1. The molecule has 1 aliphatic carbocycles. The Bertz CT molecular complexity index is 1130. The minimum atomic E-state index is -3.67. The van der Waals surface area contributed by atoms with E-state index in [4.69, 9.17) is 0 Å². The van der Waals surface area contributed by atoms with Gasteiger partial charge in [0.25, 0.3) is 5.91 Å². The fourth-order valence-electron chi connectivity index (χ4n) is 4.44. The molecule has 2 amide bonds. The Balaban J connectivity index is 1.25. The van der Waals surface area contributed by atoms with Gasteiger partial charge in [-0.25, -0.2) is 8.42 Å². The smallest absolute Gasteiger partial charge is 0.253 e. The maximum absolute atomic E-state index is 13.2. The Morgan fingerprint density at radius 3 is 2.56 bits per heavy atom. The Morgan fingerprint density at radius 2 is 1.81 bits per heavy atom. The van der Waals surface area contributed by atoms with Crippen molar-refractivity contribution in [2.24, 2.45) is 5.92 Å². The van der Waals surface area contributed by atoms with E-state index in [0.717, 1.165) is 37.7 Å². The van der Waals surface area contributed by atoms with Crippen LogP contribution in [0.5, 0.6) is 0 Å². The molecule has 2 aromatic rings. The average molecular weight is 474 g/mol. The lowest BCUT2D eigenvalue weighted by molar-refractivity contribution is -0.123. The predicted molar refractivity (Wildman–Crippen MR) is 122 cm³/mol. The summed E-state index contributed by atoms with van der Waals surface area (Å²) in [6, 6.07) is 8.48. The summed E-state index contributed by atoms with van der Waals surface area (Å²) in [5, 5.41) is 5.09. The molecule has 0 atom stereocenters. The molecule has 1 N–H and O–H groups in total. The molecular formula is C23H27N3O4S2. The number of thiophene rings is 1. The quantitative estimate of drug-likeness (QED) is 0.723. The summed E-state index contributed by atoms with van der Waals surface area (Å²) < 4.78 is 28.0. The number of piperidine rings is 1. The number of benzene rings is 1. The molecular weight excluding hydrogens is 446 g/mol. The highest BCUT2D eigenvalue weighted by atomic mass is 32.2. The second-order valence-electron chi connectivity index (χ2n) is 8.83. The van der Waals surface area contributed by atoms with Gasteiger partial charge in [-0.05, 0) is 67.3 Å². The van der Waals surface area contributed by atoms with E-state index in [2.05, 4.69) is 5.32 Å². The maximum atomic E-state index is 13.2. The van der Waals surface area contributed by atoms with Gasteiger partial charge in [-0.15, -0.1) is 11.3 Å². The van der Waals surface area contributed by atoms with Crippen molar-refractivity contribution in [2.45, 2.75) is 49.6 Å². The Morgan fingerprint density at radius 1 is 1.03 bits per heavy atom. The van der Waals surface area contributed by atoms with Crippen molar-refractivity contribution in [2.75, 3.05) is 19.6 Å². The van der Waals surface area contributed by atoms with E-state index in [1.54, 1.807) is 34.4 Å². The minimum Gasteiger partial charge on any atom is -0.353 e. The van der Waals surface area contributed by atoms with Crippen LogP contribution in [0.15, 0.2) is 40.6 Å². The highest BCUT2D eigenvalue weighted by Crippen LogP contribution is 2.30. The van der Waals surface area contributed by atoms with E-state index in [1.807, 2.05) is 11.4 Å². The fourth-order valence-corrected chi connectivity index (χ4v) is 6.80. The van der Waals surface area contributed by atoms with E-state index < -0.39 is 10.0 Å². The van der Waals surface area contributed by atoms with Gasteiger partial charge in [0.05, 0.1) is 4.90 Å². The minimum absolute atomic E-state index is 0.111. The van der Waals surface area contributed by atoms with Gasteiger partial charge in [0, 0.05) is 48.6 Å². The molecule has 0 radical (unpaired) electrons. The molecule has 32 heavy (non-hydrogen) atoms. The van der Waals surface area contributed by atoms with Crippen molar-refractivity contribution < 1.29 is 18.0 Å². The predicted octanol–water partition coefficient (Wildman–Crippen LogP) is 2.63. The third kappa shape index (κ3) is 4.33. The lowest BCUT2D eigenvalue weighted by Crippen LogP contribution is -2.47. The Labute approximate surface area is 192 Å². The maximum Gasteiger partial charge on any atom is 0.253 e. The van der Waals surface area contributed by atoms with Crippen molar-refractivity contribution in [3.8, 4) is 0 Å². The topological polar surface area (TPSA) is 86.8 Å². The molecule has 1 saturated heterocycles. The first kappa shape index (κ1) is 21.6. The van der Waals surface area contributed by atoms with E-state index in [-0.39, 0.29) is 28.7 Å². The van der Waals surface area contributed by atoms with E-state index in [0.29, 0.717) is 31.7 Å². The lowest BCUT2D eigenvalue weighted by Gasteiger charge is -2.32. The third-order valence-corrected chi connectivity index (χ3v) is 9.43. The van der Waals surface area contributed by atoms with Crippen molar-refractivity contribution in [3.05, 3.63) is 51.7 Å². The van der Waals surface area contributed by atoms with Crippen LogP contribution in [0.4, 0.5) is 0 Å². The first-order valence-corrected chi connectivity index (χ1v) is 13.5. The zero-order valence-electron chi connectivity index (χ0n) is 17.8. The van der Waals surface area contributed by atoms with E-state index in [1.165, 1.54) is 15.2 Å². The summed E-state index contributed by atoms with van der Waals surface area (Å²) in [5.74, 6) is 0.165. The molecule has 170 valence electrons. The lowest BCUT2D eigenvalue weighted by atomic mass is 10.0. The molecule has 0 spiro atoms. The zero-order valence-corrected chi connectivity index (χ0v) is 19.5. The molecule has 5 rings (SSSR count). The molecule has 1 aromatic carbocycles. The molecule has 9 heteroatoms. The van der Waals surface area contributed by atoms with Crippen molar-refractivity contribution in [1.29, 1.82) is 0 Å². The van der Waals surface area contributed by atoms with Crippen LogP contribution in [0.3, 0.4) is 0 Å². The monoisotopic (exact) mass is 473 g/mol. The summed E-state index contributed by atoms with van der Waals surface area (Å²) >= 11 is 1.67. The van der Waals surface area contributed by atoms with Gasteiger partial charge < -0.3 is 10.2 Å². The molecule has 0 unspecified atom stereocenters. The van der Waals surface area contributed by atoms with Crippen LogP contribution in [0.1, 0.15) is 46.5 Å². The van der Waals surface area contributed by atoms with Crippen LogP contribution in [0.25, 0.3) is 0 Å². The highest BCUT2D eigenvalue weighted by molar-refractivity contribution is 7.89. The first-order chi connectivity index (χ1) is 15.4. The number of carbonyl (C=O) groups excluding carboxylic acids is 2. The van der Waals surface area contributed by atoms with E-state index >= 15 is 0 Å². The number of hydrogen-bond acceptors (Lipinski definition) is 5. The van der Waals surface area contributed by atoms with Gasteiger partial charge in [0.2, 0.25) is 15.9 Å². The Kier molecular flexibility index (Phi) is 5.81. The van der Waals surface area contributed by atoms with E-state index in [9.17, 15) is 18.0 Å². The first-order valence-electron chi connectivity index (χ1n) is 11.2. The van der Waals surface area contributed by atoms with Gasteiger partial charge in [0.1, 0.15) is 0 Å². The van der Waals surface area contributed by atoms with Gasteiger partial charge in [-0.2, -0.15) is 4.31 Å². The van der Waals surface area contributed by atoms with Crippen molar-refractivity contribution >= 4 is 33.2 Å². The van der Waals surface area contributed by atoms with Crippen LogP contribution >= 0.6 is 11.3 Å². The summed E-state index contributed by atoms with van der Waals surface area (Å²) in [5.41, 5.74) is 1.45. The van der Waals surface area contributed by atoms with Gasteiger partial charge in [0.15, 0.2) is 0 Å². The SMILES string of the molecule is O=C(NC1CCN(C(=O)c2cccc(S(=O)(=O)N3CCc4sccc4C3)c2)CC1)C1CC1. The summed E-state index contributed by atoms with van der Waals surface area (Å²) in [6.07, 6.45) is 4.12. The molecule has 0 bridgehead atoms. The number of nitrogens with zero attached hydrogens (tertiary/aromatic N) is 2. The Hall–Kier alpha value is -2.23. The number of nitrogens with one attached hydrogen (secondary N) is 1. The number of sulfonamides is 1. The molecule has 3 aliphatic rings.